The second-order valence-corrected chi connectivity index (χ2v) is 8.59. The summed E-state index contributed by atoms with van der Waals surface area (Å²) in [6, 6.07) is 1.72. The van der Waals surface area contributed by atoms with Crippen LogP contribution in [-0.2, 0) is 19.9 Å². The molecular weight excluding hydrogens is 331 g/mol. The van der Waals surface area contributed by atoms with Crippen molar-refractivity contribution in [3.8, 4) is 0 Å². The maximum Gasteiger partial charge on any atom is 0.242 e. The Bertz CT molecular complexity index is 704. The fourth-order valence-corrected chi connectivity index (χ4v) is 3.66. The largest absolute Gasteiger partial charge is 0.396 e. The van der Waals surface area contributed by atoms with Crippen molar-refractivity contribution in [2.75, 3.05) is 24.3 Å². The van der Waals surface area contributed by atoms with E-state index in [4.69, 9.17) is 17.3 Å². The van der Waals surface area contributed by atoms with E-state index in [0.717, 1.165) is 18.4 Å². The molecule has 10 heteroatoms. The first-order chi connectivity index (χ1) is 9.03. The van der Waals surface area contributed by atoms with E-state index in [1.165, 1.54) is 0 Å². The number of hydrogen-bond donors (Lipinski definition) is 2. The third-order valence-electron chi connectivity index (χ3n) is 2.32. The van der Waals surface area contributed by atoms with Gasteiger partial charge in [0, 0.05) is 12.8 Å². The fraction of sp³-hybridized carbons (Fsp3) is 0.400. The maximum absolute atomic E-state index is 13.1. The van der Waals surface area contributed by atoms with Crippen LogP contribution in [0.2, 0.25) is 5.02 Å². The first-order valence-electron chi connectivity index (χ1n) is 5.45. The fourth-order valence-electron chi connectivity index (χ4n) is 1.37. The van der Waals surface area contributed by atoms with Crippen molar-refractivity contribution in [1.82, 2.24) is 4.72 Å². The molecule has 1 aromatic carbocycles. The average Bonchev–Trinajstić information content (AvgIpc) is 2.28. The van der Waals surface area contributed by atoms with E-state index in [1.54, 1.807) is 0 Å². The summed E-state index contributed by atoms with van der Waals surface area (Å²) < 4.78 is 60.9. The normalized spacial score (nSPS) is 12.6. The molecule has 0 unspecified atom stereocenters. The van der Waals surface area contributed by atoms with Crippen molar-refractivity contribution in [2.24, 2.45) is 0 Å². The molecule has 0 atom stereocenters. The van der Waals surface area contributed by atoms with Gasteiger partial charge < -0.3 is 5.73 Å². The molecule has 1 aromatic rings. The van der Waals surface area contributed by atoms with E-state index in [0.29, 0.717) is 0 Å². The lowest BCUT2D eigenvalue weighted by atomic mass is 10.3. The lowest BCUT2D eigenvalue weighted by Crippen LogP contribution is -2.26. The molecule has 0 saturated heterocycles. The predicted molar refractivity (Wildman–Crippen MR) is 75.3 cm³/mol. The number of sulfone groups is 1. The van der Waals surface area contributed by atoms with Crippen LogP contribution in [0.25, 0.3) is 0 Å². The number of nitrogens with two attached hydrogens (primary N) is 1. The number of sulfonamides is 1. The maximum atomic E-state index is 13.1. The molecule has 0 bridgehead atoms. The second-order valence-electron chi connectivity index (χ2n) is 4.19. The van der Waals surface area contributed by atoms with Gasteiger partial charge in [0.15, 0.2) is 0 Å². The van der Waals surface area contributed by atoms with E-state index in [2.05, 4.69) is 4.72 Å². The van der Waals surface area contributed by atoms with Gasteiger partial charge in [-0.3, -0.25) is 0 Å². The van der Waals surface area contributed by atoms with Crippen molar-refractivity contribution in [2.45, 2.75) is 11.3 Å². The molecule has 0 radical (unpaired) electrons. The molecule has 20 heavy (non-hydrogen) atoms. The lowest BCUT2D eigenvalue weighted by molar-refractivity contribution is 0.577. The molecule has 114 valence electrons. The van der Waals surface area contributed by atoms with Crippen LogP contribution in [0.3, 0.4) is 0 Å². The summed E-state index contributed by atoms with van der Waals surface area (Å²) in [4.78, 5) is -0.350. The third-order valence-corrected chi connectivity index (χ3v) is 5.28. The second kappa shape index (κ2) is 6.25. The molecule has 0 fully saturated rings. The van der Waals surface area contributed by atoms with Crippen LogP contribution >= 0.6 is 11.6 Å². The van der Waals surface area contributed by atoms with Crippen LogP contribution in [0.15, 0.2) is 17.0 Å². The number of hydrogen-bond acceptors (Lipinski definition) is 5. The minimum Gasteiger partial charge on any atom is -0.396 e. The average molecular weight is 345 g/mol. The Kier molecular flexibility index (Phi) is 5.36. The van der Waals surface area contributed by atoms with Crippen LogP contribution in [0.5, 0.6) is 0 Å². The number of rotatable bonds is 6. The molecule has 3 N–H and O–H groups in total. The third kappa shape index (κ3) is 4.89. The zero-order chi connectivity index (χ0) is 15.6. The summed E-state index contributed by atoms with van der Waals surface area (Å²) in [5.41, 5.74) is 4.95. The van der Waals surface area contributed by atoms with Gasteiger partial charge in [-0.2, -0.15) is 0 Å². The first kappa shape index (κ1) is 17.2. The minimum absolute atomic E-state index is 0.0803. The molecule has 0 amide bonds. The van der Waals surface area contributed by atoms with Gasteiger partial charge in [-0.05, 0) is 18.6 Å². The van der Waals surface area contributed by atoms with Crippen molar-refractivity contribution in [1.29, 1.82) is 0 Å². The minimum atomic E-state index is -3.97. The van der Waals surface area contributed by atoms with E-state index < -0.39 is 25.7 Å². The smallest absolute Gasteiger partial charge is 0.242 e. The lowest BCUT2D eigenvalue weighted by Gasteiger charge is -2.09. The van der Waals surface area contributed by atoms with E-state index in [-0.39, 0.29) is 34.3 Å². The highest BCUT2D eigenvalue weighted by Crippen LogP contribution is 2.26. The molecule has 0 aromatic heterocycles. The Hall–Kier alpha value is -0.900. The van der Waals surface area contributed by atoms with Gasteiger partial charge in [-0.1, -0.05) is 11.6 Å². The summed E-state index contributed by atoms with van der Waals surface area (Å²) in [6.45, 7) is -0.0803. The van der Waals surface area contributed by atoms with Crippen LogP contribution in [-0.4, -0.2) is 35.4 Å². The monoisotopic (exact) mass is 344 g/mol. The summed E-state index contributed by atoms with van der Waals surface area (Å²) in [5.74, 6) is -0.958. The molecular formula is C10H14ClFN2O4S2. The number of halogens is 2. The molecule has 0 spiro atoms. The molecule has 0 saturated carbocycles. The Morgan fingerprint density at radius 1 is 1.30 bits per heavy atom. The van der Waals surface area contributed by atoms with E-state index in [1.807, 2.05) is 0 Å². The zero-order valence-electron chi connectivity index (χ0n) is 10.6. The number of nitrogens with one attached hydrogen (secondary N) is 1. The van der Waals surface area contributed by atoms with Crippen molar-refractivity contribution >= 4 is 37.1 Å². The van der Waals surface area contributed by atoms with Crippen molar-refractivity contribution in [3.63, 3.8) is 0 Å². The van der Waals surface area contributed by atoms with Crippen LogP contribution < -0.4 is 10.5 Å². The van der Waals surface area contributed by atoms with Gasteiger partial charge in [-0.15, -0.1) is 0 Å². The van der Waals surface area contributed by atoms with Gasteiger partial charge >= 0.3 is 0 Å². The Labute approximate surface area is 122 Å². The summed E-state index contributed by atoms with van der Waals surface area (Å²) >= 11 is 5.66. The van der Waals surface area contributed by atoms with Crippen molar-refractivity contribution < 1.29 is 21.2 Å². The van der Waals surface area contributed by atoms with Crippen LogP contribution in [0.1, 0.15) is 6.42 Å². The summed E-state index contributed by atoms with van der Waals surface area (Å²) in [7, 11) is -7.13. The molecule has 0 aliphatic rings. The molecule has 0 aliphatic carbocycles. The molecule has 0 aliphatic heterocycles. The molecule has 1 rings (SSSR count). The predicted octanol–water partition coefficient (Wildman–Crippen LogP) is 0.774. The Balaban J connectivity index is 2.82. The standard InChI is InChI=1S/C10H14ClFN2O4S2/c1-19(15,16)4-2-3-14-20(17,18)10-6-9(13)8(12)5-7(10)11/h5-6,14H,2-4,13H2,1H3. The van der Waals surface area contributed by atoms with Crippen molar-refractivity contribution in [3.05, 3.63) is 23.0 Å². The number of nitrogen functional groups attached to an aromatic ring is 1. The first-order valence-corrected chi connectivity index (χ1v) is 9.37. The zero-order valence-corrected chi connectivity index (χ0v) is 12.9. The highest BCUT2D eigenvalue weighted by atomic mass is 35.5. The highest BCUT2D eigenvalue weighted by molar-refractivity contribution is 7.90. The van der Waals surface area contributed by atoms with Crippen LogP contribution in [0.4, 0.5) is 10.1 Å². The van der Waals surface area contributed by atoms with E-state index >= 15 is 0 Å². The van der Waals surface area contributed by atoms with Gasteiger partial charge in [0.05, 0.1) is 16.5 Å². The number of benzene rings is 1. The van der Waals surface area contributed by atoms with Gasteiger partial charge in [0.2, 0.25) is 10.0 Å². The van der Waals surface area contributed by atoms with Gasteiger partial charge in [0.1, 0.15) is 20.5 Å². The van der Waals surface area contributed by atoms with Gasteiger partial charge in [-0.25, -0.2) is 25.9 Å². The summed E-state index contributed by atoms with van der Waals surface area (Å²) in [5, 5.41) is -0.299. The SMILES string of the molecule is CS(=O)(=O)CCCNS(=O)(=O)c1cc(N)c(F)cc1Cl. The highest BCUT2D eigenvalue weighted by Gasteiger charge is 2.19. The molecule has 0 heterocycles. The Morgan fingerprint density at radius 3 is 2.45 bits per heavy atom. The topological polar surface area (TPSA) is 106 Å². The van der Waals surface area contributed by atoms with E-state index in [9.17, 15) is 21.2 Å². The van der Waals surface area contributed by atoms with Gasteiger partial charge in [0.25, 0.3) is 0 Å². The summed E-state index contributed by atoms with van der Waals surface area (Å²) in [6.07, 6.45) is 1.17. The number of anilines is 1. The molecule has 6 nitrogen and oxygen atoms in total. The quantitative estimate of drug-likeness (QED) is 0.585. The van der Waals surface area contributed by atoms with Crippen LogP contribution in [0, 0.1) is 5.82 Å². The Morgan fingerprint density at radius 2 is 1.90 bits per heavy atom.